The Labute approximate surface area is 148 Å². The second kappa shape index (κ2) is 6.43. The molecule has 0 spiro atoms. The maximum absolute atomic E-state index is 6.27. The maximum Gasteiger partial charge on any atom is 0.191 e. The average Bonchev–Trinajstić information content (AvgIpc) is 3.50. The van der Waals surface area contributed by atoms with Crippen LogP contribution in [-0.4, -0.2) is 43.7 Å². The highest BCUT2D eigenvalue weighted by molar-refractivity contribution is 6.32. The molecule has 1 unspecified atom stereocenters. The molecule has 0 bridgehead atoms. The number of pyridine rings is 1. The number of hydrogen-bond acceptors (Lipinski definition) is 3. The van der Waals surface area contributed by atoms with Crippen molar-refractivity contribution in [2.45, 2.75) is 38.1 Å². The van der Waals surface area contributed by atoms with Crippen molar-refractivity contribution in [3.05, 3.63) is 23.4 Å². The van der Waals surface area contributed by atoms with Crippen molar-refractivity contribution >= 4 is 23.4 Å². The predicted octanol–water partition coefficient (Wildman–Crippen LogP) is 2.67. The maximum atomic E-state index is 6.27. The number of aliphatic imine (C=N–C) groups is 1. The van der Waals surface area contributed by atoms with E-state index >= 15 is 0 Å². The van der Waals surface area contributed by atoms with E-state index in [1.54, 1.807) is 6.20 Å². The molecule has 3 fully saturated rings. The molecule has 1 aliphatic heterocycles. The van der Waals surface area contributed by atoms with Gasteiger partial charge >= 0.3 is 0 Å². The van der Waals surface area contributed by atoms with Gasteiger partial charge in [-0.15, -0.1) is 0 Å². The summed E-state index contributed by atoms with van der Waals surface area (Å²) in [6.07, 6.45) is 8.50. The molecule has 24 heavy (non-hydrogen) atoms. The zero-order chi connectivity index (χ0) is 16.6. The molecule has 130 valence electrons. The summed E-state index contributed by atoms with van der Waals surface area (Å²) < 4.78 is 0. The van der Waals surface area contributed by atoms with Gasteiger partial charge in [-0.1, -0.05) is 11.6 Å². The van der Waals surface area contributed by atoms with E-state index in [0.29, 0.717) is 11.5 Å². The Morgan fingerprint density at radius 1 is 1.42 bits per heavy atom. The van der Waals surface area contributed by atoms with Crippen molar-refractivity contribution in [2.75, 3.05) is 31.6 Å². The summed E-state index contributed by atoms with van der Waals surface area (Å²) in [5.41, 5.74) is 0.584. The van der Waals surface area contributed by atoms with E-state index in [2.05, 4.69) is 25.5 Å². The van der Waals surface area contributed by atoms with Crippen LogP contribution >= 0.6 is 11.6 Å². The van der Waals surface area contributed by atoms with Gasteiger partial charge in [0, 0.05) is 38.9 Å². The first-order valence-corrected chi connectivity index (χ1v) is 9.41. The minimum atomic E-state index is 0.380. The fourth-order valence-electron chi connectivity index (χ4n) is 3.91. The molecular formula is C18H26ClN5. The van der Waals surface area contributed by atoms with Crippen LogP contribution in [0, 0.1) is 11.3 Å². The Bertz CT molecular complexity index is 624. The molecule has 3 aliphatic rings. The smallest absolute Gasteiger partial charge is 0.191 e. The normalized spacial score (nSPS) is 25.7. The largest absolute Gasteiger partial charge is 0.356 e. The van der Waals surface area contributed by atoms with E-state index in [0.717, 1.165) is 48.8 Å². The molecular weight excluding hydrogens is 322 g/mol. The van der Waals surface area contributed by atoms with Crippen molar-refractivity contribution < 1.29 is 0 Å². The van der Waals surface area contributed by atoms with E-state index in [1.807, 2.05) is 19.2 Å². The third-order valence-corrected chi connectivity index (χ3v) is 6.03. The molecule has 2 heterocycles. The molecule has 5 nitrogen and oxygen atoms in total. The summed E-state index contributed by atoms with van der Waals surface area (Å²) >= 11 is 6.27. The first-order chi connectivity index (χ1) is 11.7. The number of hydrogen-bond donors (Lipinski definition) is 2. The lowest BCUT2D eigenvalue weighted by Gasteiger charge is -2.22. The fourth-order valence-corrected chi connectivity index (χ4v) is 4.15. The van der Waals surface area contributed by atoms with Crippen LogP contribution in [0.3, 0.4) is 0 Å². The van der Waals surface area contributed by atoms with Crippen LogP contribution in [0.1, 0.15) is 32.1 Å². The SMILES string of the molecule is CN=C(NCC1(C2CC2)CC1)NC1CCN(c2ncccc2Cl)C1. The van der Waals surface area contributed by atoms with Crippen molar-refractivity contribution in [3.63, 3.8) is 0 Å². The van der Waals surface area contributed by atoms with Crippen molar-refractivity contribution in [3.8, 4) is 0 Å². The van der Waals surface area contributed by atoms with Gasteiger partial charge in [0.25, 0.3) is 0 Å². The van der Waals surface area contributed by atoms with Gasteiger partial charge < -0.3 is 15.5 Å². The molecule has 0 amide bonds. The Morgan fingerprint density at radius 2 is 2.25 bits per heavy atom. The van der Waals surface area contributed by atoms with Crippen LogP contribution < -0.4 is 15.5 Å². The summed E-state index contributed by atoms with van der Waals surface area (Å²) in [5.74, 6) is 2.79. The third-order valence-electron chi connectivity index (χ3n) is 5.73. The molecule has 1 aromatic rings. The molecule has 4 rings (SSSR count). The molecule has 1 aromatic heterocycles. The highest BCUT2D eigenvalue weighted by Gasteiger charge is 2.53. The lowest BCUT2D eigenvalue weighted by atomic mass is 10.0. The quantitative estimate of drug-likeness (QED) is 0.635. The minimum Gasteiger partial charge on any atom is -0.356 e. The van der Waals surface area contributed by atoms with E-state index < -0.39 is 0 Å². The molecule has 1 atom stereocenters. The van der Waals surface area contributed by atoms with Gasteiger partial charge in [0.1, 0.15) is 5.82 Å². The van der Waals surface area contributed by atoms with E-state index in [-0.39, 0.29) is 0 Å². The first-order valence-electron chi connectivity index (χ1n) is 9.03. The number of halogens is 1. The third kappa shape index (κ3) is 3.32. The lowest BCUT2D eigenvalue weighted by Crippen LogP contribution is -2.46. The Balaban J connectivity index is 1.29. The predicted molar refractivity (Wildman–Crippen MR) is 98.8 cm³/mol. The van der Waals surface area contributed by atoms with E-state index in [4.69, 9.17) is 11.6 Å². The second-order valence-electron chi connectivity index (χ2n) is 7.45. The van der Waals surface area contributed by atoms with Gasteiger partial charge in [-0.25, -0.2) is 4.98 Å². The lowest BCUT2D eigenvalue weighted by molar-refractivity contribution is 0.430. The number of nitrogens with one attached hydrogen (secondary N) is 2. The average molecular weight is 348 g/mol. The summed E-state index contributed by atoms with van der Waals surface area (Å²) in [6, 6.07) is 4.15. The van der Waals surface area contributed by atoms with Crippen LogP contribution in [0.25, 0.3) is 0 Å². The van der Waals surface area contributed by atoms with Crippen LogP contribution in [0.5, 0.6) is 0 Å². The van der Waals surface area contributed by atoms with Crippen molar-refractivity contribution in [2.24, 2.45) is 16.3 Å². The molecule has 0 aromatic carbocycles. The summed E-state index contributed by atoms with van der Waals surface area (Å²) in [5, 5.41) is 7.86. The summed E-state index contributed by atoms with van der Waals surface area (Å²) in [4.78, 5) is 11.1. The molecule has 2 N–H and O–H groups in total. The first kappa shape index (κ1) is 16.0. The Morgan fingerprint density at radius 3 is 2.92 bits per heavy atom. The van der Waals surface area contributed by atoms with Gasteiger partial charge in [0.15, 0.2) is 5.96 Å². The van der Waals surface area contributed by atoms with Crippen LogP contribution in [0.15, 0.2) is 23.3 Å². The zero-order valence-electron chi connectivity index (χ0n) is 14.3. The van der Waals surface area contributed by atoms with E-state index in [9.17, 15) is 0 Å². The van der Waals surface area contributed by atoms with Crippen molar-refractivity contribution in [1.82, 2.24) is 15.6 Å². The number of nitrogens with zero attached hydrogens (tertiary/aromatic N) is 3. The van der Waals surface area contributed by atoms with Gasteiger partial charge in [-0.2, -0.15) is 0 Å². The molecule has 2 saturated carbocycles. The molecule has 2 aliphatic carbocycles. The van der Waals surface area contributed by atoms with Crippen molar-refractivity contribution in [1.29, 1.82) is 0 Å². The number of guanidine groups is 1. The monoisotopic (exact) mass is 347 g/mol. The Hall–Kier alpha value is -1.49. The molecule has 6 heteroatoms. The molecule has 1 saturated heterocycles. The summed E-state index contributed by atoms with van der Waals surface area (Å²) in [6.45, 7) is 2.95. The van der Waals surface area contributed by atoms with Gasteiger partial charge in [-0.3, -0.25) is 4.99 Å². The minimum absolute atomic E-state index is 0.380. The van der Waals surface area contributed by atoms with Crippen LogP contribution in [0.4, 0.5) is 5.82 Å². The van der Waals surface area contributed by atoms with Crippen LogP contribution in [-0.2, 0) is 0 Å². The highest BCUT2D eigenvalue weighted by atomic mass is 35.5. The molecule has 0 radical (unpaired) electrons. The fraction of sp³-hybridized carbons (Fsp3) is 0.667. The zero-order valence-corrected chi connectivity index (χ0v) is 15.0. The van der Waals surface area contributed by atoms with Crippen LogP contribution in [0.2, 0.25) is 5.02 Å². The summed E-state index contributed by atoms with van der Waals surface area (Å²) in [7, 11) is 1.86. The number of aromatic nitrogens is 1. The number of rotatable bonds is 5. The highest BCUT2D eigenvalue weighted by Crippen LogP contribution is 2.60. The van der Waals surface area contributed by atoms with Gasteiger partial charge in [-0.05, 0) is 55.6 Å². The topological polar surface area (TPSA) is 52.6 Å². The van der Waals surface area contributed by atoms with Gasteiger partial charge in [0.05, 0.1) is 5.02 Å². The number of anilines is 1. The van der Waals surface area contributed by atoms with Gasteiger partial charge in [0.2, 0.25) is 0 Å². The Kier molecular flexibility index (Phi) is 4.29. The van der Waals surface area contributed by atoms with E-state index in [1.165, 1.54) is 25.7 Å². The standard InChI is InChI=1S/C18H26ClN5/c1-20-17(22-12-18(7-8-18)13-4-5-13)23-14-6-10-24(11-14)16-15(19)3-2-9-21-16/h2-3,9,13-14H,4-8,10-12H2,1H3,(H2,20,22,23). The second-order valence-corrected chi connectivity index (χ2v) is 7.85.